The monoisotopic (exact) mass is 424 g/mol. The van der Waals surface area contributed by atoms with Crippen molar-refractivity contribution in [3.8, 4) is 0 Å². The molecular formula is C16H13IN2O2S. The van der Waals surface area contributed by atoms with Crippen molar-refractivity contribution in [3.63, 3.8) is 0 Å². The lowest BCUT2D eigenvalue weighted by atomic mass is 10.2. The number of halogens is 1. The summed E-state index contributed by atoms with van der Waals surface area (Å²) < 4.78 is 28.9. The Hall–Kier alpha value is -1.51. The van der Waals surface area contributed by atoms with E-state index >= 15 is 0 Å². The molecule has 2 aromatic carbocycles. The van der Waals surface area contributed by atoms with Crippen molar-refractivity contribution in [2.75, 3.05) is 0 Å². The van der Waals surface area contributed by atoms with Crippen molar-refractivity contribution in [2.45, 2.75) is 11.4 Å². The minimum atomic E-state index is -3.58. The fourth-order valence-electron chi connectivity index (χ4n) is 2.23. The van der Waals surface area contributed by atoms with Crippen LogP contribution in [0.15, 0.2) is 65.8 Å². The van der Waals surface area contributed by atoms with Crippen LogP contribution in [0, 0.1) is 3.57 Å². The van der Waals surface area contributed by atoms with Crippen LogP contribution in [0.25, 0.3) is 10.8 Å². The maximum atomic E-state index is 12.6. The second-order valence-electron chi connectivity index (χ2n) is 4.81. The summed E-state index contributed by atoms with van der Waals surface area (Å²) in [6, 6.07) is 14.6. The number of rotatable bonds is 4. The van der Waals surface area contributed by atoms with E-state index in [1.165, 1.54) is 0 Å². The summed E-state index contributed by atoms with van der Waals surface area (Å²) in [5.74, 6) is 0. The Kier molecular flexibility index (Phi) is 4.42. The molecule has 4 nitrogen and oxygen atoms in total. The van der Waals surface area contributed by atoms with E-state index in [4.69, 9.17) is 0 Å². The Balaban J connectivity index is 1.92. The van der Waals surface area contributed by atoms with Crippen LogP contribution in [0.5, 0.6) is 0 Å². The minimum Gasteiger partial charge on any atom is -0.264 e. The Morgan fingerprint density at radius 2 is 1.91 bits per heavy atom. The number of benzene rings is 2. The lowest BCUT2D eigenvalue weighted by Crippen LogP contribution is -2.23. The van der Waals surface area contributed by atoms with Crippen LogP contribution < -0.4 is 4.72 Å². The fourth-order valence-corrected chi connectivity index (χ4v) is 4.08. The van der Waals surface area contributed by atoms with E-state index < -0.39 is 10.0 Å². The van der Waals surface area contributed by atoms with Gasteiger partial charge in [-0.25, -0.2) is 13.1 Å². The molecule has 1 aromatic heterocycles. The Bertz CT molecular complexity index is 921. The fraction of sp³-hybridized carbons (Fsp3) is 0.0625. The molecule has 3 aromatic rings. The van der Waals surface area contributed by atoms with Crippen LogP contribution in [0.2, 0.25) is 0 Å². The van der Waals surface area contributed by atoms with E-state index in [1.807, 2.05) is 30.3 Å². The number of pyridine rings is 1. The van der Waals surface area contributed by atoms with Crippen LogP contribution in [0.4, 0.5) is 0 Å². The third-order valence-corrected chi connectivity index (χ3v) is 5.42. The predicted molar refractivity (Wildman–Crippen MR) is 94.9 cm³/mol. The normalized spacial score (nSPS) is 11.7. The van der Waals surface area contributed by atoms with Gasteiger partial charge in [0.1, 0.15) is 0 Å². The summed E-state index contributed by atoms with van der Waals surface area (Å²) in [6.45, 7) is 0.265. The smallest absolute Gasteiger partial charge is 0.241 e. The lowest BCUT2D eigenvalue weighted by molar-refractivity contribution is 0.582. The Labute approximate surface area is 142 Å². The second-order valence-corrected chi connectivity index (χ2v) is 7.79. The van der Waals surface area contributed by atoms with Gasteiger partial charge in [0.15, 0.2) is 0 Å². The molecule has 0 radical (unpaired) electrons. The van der Waals surface area contributed by atoms with Crippen molar-refractivity contribution >= 4 is 43.4 Å². The van der Waals surface area contributed by atoms with E-state index in [2.05, 4.69) is 32.3 Å². The summed E-state index contributed by atoms with van der Waals surface area (Å²) in [5.41, 5.74) is 0.928. The molecule has 112 valence electrons. The van der Waals surface area contributed by atoms with Gasteiger partial charge in [0.05, 0.1) is 4.90 Å². The van der Waals surface area contributed by atoms with E-state index in [0.717, 1.165) is 14.5 Å². The zero-order chi connectivity index (χ0) is 15.6. The zero-order valence-electron chi connectivity index (χ0n) is 11.5. The number of nitrogens with zero attached hydrogens (tertiary/aromatic N) is 1. The van der Waals surface area contributed by atoms with E-state index in [9.17, 15) is 8.42 Å². The SMILES string of the molecule is O=S(=O)(NCc1cccc(I)c1)c1cccc2cnccc12. The summed E-state index contributed by atoms with van der Waals surface area (Å²) in [6.07, 6.45) is 3.26. The van der Waals surface area contributed by atoms with Crippen LogP contribution in [-0.4, -0.2) is 13.4 Å². The van der Waals surface area contributed by atoms with Crippen molar-refractivity contribution in [2.24, 2.45) is 0 Å². The summed E-state index contributed by atoms with van der Waals surface area (Å²) in [7, 11) is -3.58. The van der Waals surface area contributed by atoms with Gasteiger partial charge in [-0.2, -0.15) is 0 Å². The van der Waals surface area contributed by atoms with Gasteiger partial charge in [-0.3, -0.25) is 4.98 Å². The number of sulfonamides is 1. The first kappa shape index (κ1) is 15.4. The van der Waals surface area contributed by atoms with Gasteiger partial charge in [0.2, 0.25) is 10.0 Å². The van der Waals surface area contributed by atoms with E-state index in [0.29, 0.717) is 5.39 Å². The molecule has 22 heavy (non-hydrogen) atoms. The summed E-state index contributed by atoms with van der Waals surface area (Å²) >= 11 is 2.20. The van der Waals surface area contributed by atoms with Crippen molar-refractivity contribution < 1.29 is 8.42 Å². The van der Waals surface area contributed by atoms with Gasteiger partial charge in [-0.05, 0) is 52.4 Å². The van der Waals surface area contributed by atoms with Gasteiger partial charge >= 0.3 is 0 Å². The molecule has 1 heterocycles. The molecule has 0 aliphatic heterocycles. The first-order valence-corrected chi connectivity index (χ1v) is 9.19. The predicted octanol–water partition coefficient (Wildman–Crippen LogP) is 3.32. The molecule has 3 rings (SSSR count). The van der Waals surface area contributed by atoms with E-state index in [-0.39, 0.29) is 11.4 Å². The molecule has 0 saturated carbocycles. The largest absolute Gasteiger partial charge is 0.264 e. The highest BCUT2D eigenvalue weighted by Crippen LogP contribution is 2.22. The topological polar surface area (TPSA) is 59.1 Å². The number of nitrogens with one attached hydrogen (secondary N) is 1. The molecule has 0 saturated heterocycles. The lowest BCUT2D eigenvalue weighted by Gasteiger charge is -2.09. The third kappa shape index (κ3) is 3.29. The van der Waals surface area contributed by atoms with Crippen molar-refractivity contribution in [1.82, 2.24) is 9.71 Å². The third-order valence-electron chi connectivity index (χ3n) is 3.29. The van der Waals surface area contributed by atoms with E-state index in [1.54, 1.807) is 30.6 Å². The molecule has 0 bridgehead atoms. The summed E-state index contributed by atoms with van der Waals surface area (Å²) in [4.78, 5) is 4.30. The molecule has 0 amide bonds. The zero-order valence-corrected chi connectivity index (χ0v) is 14.5. The van der Waals surface area contributed by atoms with Crippen LogP contribution >= 0.6 is 22.6 Å². The van der Waals surface area contributed by atoms with Crippen LogP contribution in [-0.2, 0) is 16.6 Å². The van der Waals surface area contributed by atoms with Crippen LogP contribution in [0.1, 0.15) is 5.56 Å². The highest BCUT2D eigenvalue weighted by molar-refractivity contribution is 14.1. The average Bonchev–Trinajstić information content (AvgIpc) is 2.52. The molecule has 0 aliphatic carbocycles. The molecule has 0 spiro atoms. The molecule has 0 atom stereocenters. The Morgan fingerprint density at radius 1 is 1.09 bits per heavy atom. The summed E-state index contributed by atoms with van der Waals surface area (Å²) in [5, 5.41) is 1.48. The molecular weight excluding hydrogens is 411 g/mol. The molecule has 0 aliphatic rings. The standard InChI is InChI=1S/C16H13IN2O2S/c17-14-5-1-3-12(9-14)10-19-22(20,21)16-6-2-4-13-11-18-8-7-15(13)16/h1-9,11,19H,10H2. The highest BCUT2D eigenvalue weighted by atomic mass is 127. The molecule has 1 N–H and O–H groups in total. The molecule has 0 fully saturated rings. The number of hydrogen-bond acceptors (Lipinski definition) is 3. The molecule has 0 unspecified atom stereocenters. The van der Waals surface area contributed by atoms with Crippen molar-refractivity contribution in [3.05, 3.63) is 70.1 Å². The van der Waals surface area contributed by atoms with Gasteiger partial charge in [-0.15, -0.1) is 0 Å². The minimum absolute atomic E-state index is 0.265. The molecule has 6 heteroatoms. The quantitative estimate of drug-likeness (QED) is 0.654. The second kappa shape index (κ2) is 6.31. The first-order valence-electron chi connectivity index (χ1n) is 6.63. The van der Waals surface area contributed by atoms with Crippen molar-refractivity contribution in [1.29, 1.82) is 0 Å². The average molecular weight is 424 g/mol. The van der Waals surface area contributed by atoms with Gasteiger partial charge in [-0.1, -0.05) is 24.3 Å². The number of hydrogen-bond donors (Lipinski definition) is 1. The number of aromatic nitrogens is 1. The first-order chi connectivity index (χ1) is 10.6. The Morgan fingerprint density at radius 3 is 2.73 bits per heavy atom. The maximum Gasteiger partial charge on any atom is 0.241 e. The van der Waals surface area contributed by atoms with Crippen LogP contribution in [0.3, 0.4) is 0 Å². The number of fused-ring (bicyclic) bond motifs is 1. The van der Waals surface area contributed by atoms with Gasteiger partial charge in [0, 0.05) is 33.3 Å². The highest BCUT2D eigenvalue weighted by Gasteiger charge is 2.16. The van der Waals surface area contributed by atoms with Gasteiger partial charge in [0.25, 0.3) is 0 Å². The van der Waals surface area contributed by atoms with Gasteiger partial charge < -0.3 is 0 Å². The maximum absolute atomic E-state index is 12.6.